The Bertz CT molecular complexity index is 501. The molecule has 0 saturated carbocycles. The van der Waals surface area contributed by atoms with Crippen molar-refractivity contribution in [3.05, 3.63) is 23.4 Å². The lowest BCUT2D eigenvalue weighted by atomic mass is 9.82. The maximum atomic E-state index is 12.7. The van der Waals surface area contributed by atoms with Gasteiger partial charge in [0.15, 0.2) is 0 Å². The van der Waals surface area contributed by atoms with Gasteiger partial charge in [-0.2, -0.15) is 0 Å². The Balaban J connectivity index is 2.16. The summed E-state index contributed by atoms with van der Waals surface area (Å²) in [5, 5.41) is 3.06. The number of rotatable bonds is 4. The van der Waals surface area contributed by atoms with Crippen LogP contribution in [0.15, 0.2) is 12.1 Å². The molecule has 21 heavy (non-hydrogen) atoms. The van der Waals surface area contributed by atoms with Gasteiger partial charge in [0.05, 0.1) is 0 Å². The second-order valence-electron chi connectivity index (χ2n) is 6.69. The molecule has 0 aromatic carbocycles. The number of amides is 1. The van der Waals surface area contributed by atoms with E-state index in [1.165, 1.54) is 0 Å². The van der Waals surface area contributed by atoms with Crippen LogP contribution < -0.4 is 5.32 Å². The minimum atomic E-state index is 0.141. The van der Waals surface area contributed by atoms with E-state index < -0.39 is 0 Å². The third-order valence-corrected chi connectivity index (χ3v) is 4.29. The molecule has 0 atom stereocenters. The zero-order valence-electron chi connectivity index (χ0n) is 13.7. The first-order valence-electron chi connectivity index (χ1n) is 7.93. The van der Waals surface area contributed by atoms with Gasteiger partial charge < -0.3 is 10.2 Å². The highest BCUT2D eigenvalue weighted by Gasteiger charge is 2.28. The minimum absolute atomic E-state index is 0.141. The molecule has 0 spiro atoms. The van der Waals surface area contributed by atoms with E-state index in [1.807, 2.05) is 24.1 Å². The van der Waals surface area contributed by atoms with Crippen LogP contribution in [0.1, 0.15) is 56.1 Å². The van der Waals surface area contributed by atoms with Crippen molar-refractivity contribution in [3.8, 4) is 0 Å². The van der Waals surface area contributed by atoms with Gasteiger partial charge in [-0.1, -0.05) is 27.2 Å². The lowest BCUT2D eigenvalue weighted by molar-refractivity contribution is 0.0630. The third kappa shape index (κ3) is 3.96. The number of anilines is 1. The second-order valence-corrected chi connectivity index (χ2v) is 6.69. The smallest absolute Gasteiger partial charge is 0.254 e. The molecule has 1 aliphatic heterocycles. The fourth-order valence-corrected chi connectivity index (χ4v) is 2.72. The Kier molecular flexibility index (Phi) is 4.86. The van der Waals surface area contributed by atoms with Crippen molar-refractivity contribution in [2.24, 2.45) is 5.41 Å². The summed E-state index contributed by atoms with van der Waals surface area (Å²) in [4.78, 5) is 19.2. The van der Waals surface area contributed by atoms with E-state index in [-0.39, 0.29) is 5.91 Å². The lowest BCUT2D eigenvalue weighted by Gasteiger charge is -2.37. The molecule has 0 bridgehead atoms. The molecule has 1 N–H and O–H groups in total. The van der Waals surface area contributed by atoms with Gasteiger partial charge >= 0.3 is 0 Å². The molecular weight excluding hydrogens is 262 g/mol. The van der Waals surface area contributed by atoms with Gasteiger partial charge in [-0.3, -0.25) is 4.79 Å². The number of nitrogens with zero attached hydrogens (tertiary/aromatic N) is 2. The van der Waals surface area contributed by atoms with Crippen LogP contribution in [-0.4, -0.2) is 35.9 Å². The Morgan fingerprint density at radius 3 is 2.57 bits per heavy atom. The molecule has 1 saturated heterocycles. The number of aryl methyl sites for hydroxylation is 1. The first kappa shape index (κ1) is 15.8. The molecule has 0 radical (unpaired) electrons. The molecule has 0 aliphatic carbocycles. The van der Waals surface area contributed by atoms with E-state index >= 15 is 0 Å². The predicted molar refractivity (Wildman–Crippen MR) is 86.7 cm³/mol. The topological polar surface area (TPSA) is 45.2 Å². The van der Waals surface area contributed by atoms with Crippen molar-refractivity contribution < 1.29 is 4.79 Å². The van der Waals surface area contributed by atoms with Gasteiger partial charge in [-0.05, 0) is 36.8 Å². The quantitative estimate of drug-likeness (QED) is 0.924. The number of piperidine rings is 1. The van der Waals surface area contributed by atoms with Gasteiger partial charge in [-0.25, -0.2) is 4.98 Å². The zero-order valence-corrected chi connectivity index (χ0v) is 13.7. The first-order valence-corrected chi connectivity index (χ1v) is 7.93. The van der Waals surface area contributed by atoms with Crippen LogP contribution in [0.2, 0.25) is 0 Å². The molecule has 1 amide bonds. The Hall–Kier alpha value is -1.58. The highest BCUT2D eigenvalue weighted by atomic mass is 16.2. The van der Waals surface area contributed by atoms with Crippen molar-refractivity contribution in [3.63, 3.8) is 0 Å². The van der Waals surface area contributed by atoms with E-state index in [1.54, 1.807) is 0 Å². The molecule has 4 heteroatoms. The average Bonchev–Trinajstić information content (AvgIpc) is 2.46. The highest BCUT2D eigenvalue weighted by molar-refractivity contribution is 5.95. The fraction of sp³-hybridized carbons (Fsp3) is 0.647. The number of hydrogen-bond acceptors (Lipinski definition) is 3. The summed E-state index contributed by atoms with van der Waals surface area (Å²) >= 11 is 0. The Morgan fingerprint density at radius 1 is 1.33 bits per heavy atom. The largest absolute Gasteiger partial charge is 0.373 e. The van der Waals surface area contributed by atoms with Crippen LogP contribution in [0.5, 0.6) is 0 Å². The van der Waals surface area contributed by atoms with Crippen LogP contribution in [0.4, 0.5) is 5.82 Å². The number of nitrogens with one attached hydrogen (secondary N) is 1. The number of hydrogen-bond donors (Lipinski definition) is 1. The zero-order chi connectivity index (χ0) is 15.5. The summed E-state index contributed by atoms with van der Waals surface area (Å²) in [6.07, 6.45) is 4.09. The van der Waals surface area contributed by atoms with Crippen molar-refractivity contribution >= 4 is 11.7 Å². The standard InChI is InChI=1S/C17H27N3O/c1-5-6-14-11-13(12-15(18-4)19-14)16(21)20-9-7-17(2,3)8-10-20/h11-12H,5-10H2,1-4H3,(H,18,19). The summed E-state index contributed by atoms with van der Waals surface area (Å²) in [6, 6.07) is 3.81. The third-order valence-electron chi connectivity index (χ3n) is 4.29. The monoisotopic (exact) mass is 289 g/mol. The summed E-state index contributed by atoms with van der Waals surface area (Å²) in [7, 11) is 1.84. The lowest BCUT2D eigenvalue weighted by Crippen LogP contribution is -2.41. The molecule has 1 aromatic rings. The molecule has 1 fully saturated rings. The summed E-state index contributed by atoms with van der Waals surface area (Å²) in [5.41, 5.74) is 2.11. The predicted octanol–water partition coefficient (Wildman–Crippen LogP) is 3.34. The number of carbonyl (C=O) groups excluding carboxylic acids is 1. The van der Waals surface area contributed by atoms with Gasteiger partial charge in [0.25, 0.3) is 5.91 Å². The molecular formula is C17H27N3O. The van der Waals surface area contributed by atoms with E-state index in [0.717, 1.165) is 55.8 Å². The van der Waals surface area contributed by atoms with Crippen molar-refractivity contribution in [2.75, 3.05) is 25.5 Å². The van der Waals surface area contributed by atoms with E-state index in [0.29, 0.717) is 5.41 Å². The van der Waals surface area contributed by atoms with Crippen LogP contribution in [0, 0.1) is 5.41 Å². The van der Waals surface area contributed by atoms with E-state index in [4.69, 9.17) is 0 Å². The first-order chi connectivity index (χ1) is 9.95. The molecule has 116 valence electrons. The summed E-state index contributed by atoms with van der Waals surface area (Å²) in [5.74, 6) is 0.920. The SMILES string of the molecule is CCCc1cc(C(=O)N2CCC(C)(C)CC2)cc(NC)n1. The summed E-state index contributed by atoms with van der Waals surface area (Å²) in [6.45, 7) is 8.39. The number of aromatic nitrogens is 1. The van der Waals surface area contributed by atoms with Crippen molar-refractivity contribution in [1.29, 1.82) is 0 Å². The molecule has 0 unspecified atom stereocenters. The Morgan fingerprint density at radius 2 is 2.00 bits per heavy atom. The molecule has 2 rings (SSSR count). The average molecular weight is 289 g/mol. The molecule has 2 heterocycles. The Labute approximate surface area is 127 Å². The number of pyridine rings is 1. The highest BCUT2D eigenvalue weighted by Crippen LogP contribution is 2.30. The molecule has 1 aromatic heterocycles. The molecule has 4 nitrogen and oxygen atoms in total. The van der Waals surface area contributed by atoms with Crippen LogP contribution in [0.3, 0.4) is 0 Å². The van der Waals surface area contributed by atoms with Crippen molar-refractivity contribution in [2.45, 2.75) is 46.5 Å². The normalized spacial score (nSPS) is 17.6. The maximum Gasteiger partial charge on any atom is 0.254 e. The van der Waals surface area contributed by atoms with Gasteiger partial charge in [0, 0.05) is 31.4 Å². The number of likely N-dealkylation sites (tertiary alicyclic amines) is 1. The van der Waals surface area contributed by atoms with Gasteiger partial charge in [-0.15, -0.1) is 0 Å². The van der Waals surface area contributed by atoms with Crippen molar-refractivity contribution in [1.82, 2.24) is 9.88 Å². The van der Waals surface area contributed by atoms with Crippen LogP contribution in [-0.2, 0) is 6.42 Å². The maximum absolute atomic E-state index is 12.7. The second kappa shape index (κ2) is 6.46. The van der Waals surface area contributed by atoms with Gasteiger partial charge in [0.2, 0.25) is 0 Å². The van der Waals surface area contributed by atoms with E-state index in [2.05, 4.69) is 31.1 Å². The summed E-state index contributed by atoms with van der Waals surface area (Å²) < 4.78 is 0. The van der Waals surface area contributed by atoms with E-state index in [9.17, 15) is 4.79 Å². The fourth-order valence-electron chi connectivity index (χ4n) is 2.72. The van der Waals surface area contributed by atoms with Crippen LogP contribution in [0.25, 0.3) is 0 Å². The van der Waals surface area contributed by atoms with Crippen LogP contribution >= 0.6 is 0 Å². The minimum Gasteiger partial charge on any atom is -0.373 e. The molecule has 1 aliphatic rings. The number of carbonyl (C=O) groups is 1. The van der Waals surface area contributed by atoms with Gasteiger partial charge in [0.1, 0.15) is 5.82 Å².